The van der Waals surface area contributed by atoms with E-state index in [9.17, 15) is 24.9 Å². The highest BCUT2D eigenvalue weighted by molar-refractivity contribution is 5.72. The highest BCUT2D eigenvalue weighted by Gasteiger charge is 2.64. The van der Waals surface area contributed by atoms with Crippen molar-refractivity contribution >= 4 is 12.3 Å². The van der Waals surface area contributed by atoms with Crippen molar-refractivity contribution in [3.8, 4) is 0 Å². The minimum absolute atomic E-state index is 0.0213. The first-order valence-corrected chi connectivity index (χ1v) is 14.9. The van der Waals surface area contributed by atoms with E-state index in [1.165, 1.54) is 6.42 Å². The molecule has 0 radical (unpaired) electrons. The van der Waals surface area contributed by atoms with E-state index < -0.39 is 12.2 Å². The second kappa shape index (κ2) is 11.5. The Labute approximate surface area is 223 Å². The zero-order valence-corrected chi connectivity index (χ0v) is 23.4. The average Bonchev–Trinajstić information content (AvgIpc) is 3.20. The summed E-state index contributed by atoms with van der Waals surface area (Å²) in [6, 6.07) is 0. The van der Waals surface area contributed by atoms with E-state index in [0.29, 0.717) is 42.3 Å². The quantitative estimate of drug-likeness (QED) is 0.217. The van der Waals surface area contributed by atoms with Crippen LogP contribution < -0.4 is 0 Å². The minimum atomic E-state index is -0.794. The molecule has 0 heterocycles. The number of hydrogen-bond acceptors (Lipinski definition) is 6. The zero-order chi connectivity index (χ0) is 27.0. The lowest BCUT2D eigenvalue weighted by Crippen LogP contribution is -2.58. The Morgan fingerprint density at radius 3 is 2.57 bits per heavy atom. The van der Waals surface area contributed by atoms with Crippen LogP contribution in [0, 0.1) is 46.3 Å². The predicted octanol–water partition coefficient (Wildman–Crippen LogP) is 4.83. The van der Waals surface area contributed by atoms with Crippen molar-refractivity contribution in [2.75, 3.05) is 0 Å². The number of hydrogen-bond donors (Lipinski definition) is 3. The lowest BCUT2D eigenvalue weighted by atomic mass is 9.45. The molecule has 4 aliphatic rings. The summed E-state index contributed by atoms with van der Waals surface area (Å²) in [7, 11) is 0. The van der Waals surface area contributed by atoms with Gasteiger partial charge in [-0.1, -0.05) is 39.8 Å². The molecule has 0 aliphatic heterocycles. The first kappa shape index (κ1) is 28.8. The molecule has 3 saturated carbocycles. The van der Waals surface area contributed by atoms with Gasteiger partial charge in [0.05, 0.1) is 24.2 Å². The van der Waals surface area contributed by atoms with Crippen LogP contribution >= 0.6 is 0 Å². The monoisotopic (exact) mass is 518 g/mol. The summed E-state index contributed by atoms with van der Waals surface area (Å²) in [5, 5.41) is 30.9. The number of esters is 1. The highest BCUT2D eigenvalue weighted by atomic mass is 16.5. The number of fused-ring (bicyclic) bond motifs is 5. The Balaban J connectivity index is 1.58. The summed E-state index contributed by atoms with van der Waals surface area (Å²) in [6.45, 7) is 8.70. The SMILES string of the molecule is CCC(C)C(=O)O[C@H]1C[C@H]2[C@@H](CC[C@@H]3C[C@H](O)C=C[C@@]32C)[C@@H]2CC[C@H](CC[C@@H](O)C[C@@H](O)CC=O)[C@@]12C. The van der Waals surface area contributed by atoms with Gasteiger partial charge in [-0.2, -0.15) is 0 Å². The number of carbonyl (C=O) groups excluding carboxylic acids is 2. The summed E-state index contributed by atoms with van der Waals surface area (Å²) >= 11 is 0. The van der Waals surface area contributed by atoms with Crippen LogP contribution in [-0.2, 0) is 14.3 Å². The van der Waals surface area contributed by atoms with Crippen molar-refractivity contribution in [2.45, 2.75) is 123 Å². The maximum Gasteiger partial charge on any atom is 0.308 e. The van der Waals surface area contributed by atoms with Crippen LogP contribution in [0.4, 0.5) is 0 Å². The van der Waals surface area contributed by atoms with Gasteiger partial charge in [0.15, 0.2) is 0 Å². The normalized spacial score (nSPS) is 43.2. The number of allylic oxidation sites excluding steroid dienone is 1. The van der Waals surface area contributed by atoms with Crippen molar-refractivity contribution in [2.24, 2.45) is 46.3 Å². The van der Waals surface area contributed by atoms with E-state index in [-0.39, 0.29) is 47.8 Å². The number of rotatable bonds is 10. The summed E-state index contributed by atoms with van der Waals surface area (Å²) < 4.78 is 6.44. The lowest BCUT2D eigenvalue weighted by Gasteiger charge is -2.61. The predicted molar refractivity (Wildman–Crippen MR) is 142 cm³/mol. The molecule has 37 heavy (non-hydrogen) atoms. The first-order valence-electron chi connectivity index (χ1n) is 14.9. The number of aldehydes is 1. The van der Waals surface area contributed by atoms with E-state index in [0.717, 1.165) is 44.9 Å². The molecule has 0 saturated heterocycles. The molecular weight excluding hydrogens is 468 g/mol. The number of aliphatic hydroxyl groups excluding tert-OH is 3. The third-order valence-corrected chi connectivity index (χ3v) is 11.5. The van der Waals surface area contributed by atoms with E-state index in [1.807, 2.05) is 19.9 Å². The molecule has 0 amide bonds. The number of aliphatic hydroxyl groups is 3. The minimum Gasteiger partial charge on any atom is -0.462 e. The highest BCUT2D eigenvalue weighted by Crippen LogP contribution is 2.67. The van der Waals surface area contributed by atoms with Crippen LogP contribution in [0.25, 0.3) is 0 Å². The third kappa shape index (κ3) is 5.45. The van der Waals surface area contributed by atoms with Gasteiger partial charge >= 0.3 is 5.97 Å². The van der Waals surface area contributed by atoms with Crippen molar-refractivity contribution in [3.63, 3.8) is 0 Å². The van der Waals surface area contributed by atoms with Gasteiger partial charge in [-0.25, -0.2) is 0 Å². The standard InChI is InChI=1S/C31H50O6/c1-5-19(2)29(36)37-28-18-27-25(10-7-21-16-23(34)12-14-30(21,27)3)26-11-8-20(31(26,28)4)6-9-22(33)17-24(35)13-15-32/h12,14-15,19-28,33-35H,5-11,13,16-18H2,1-4H3/t19?,20-,21+,22+,23+,24-,25-,26-,27-,28-,30-,31+/m0/s1. The molecule has 6 heteroatoms. The molecule has 4 rings (SSSR count). The second-order valence-corrected chi connectivity index (χ2v) is 13.3. The summed E-state index contributed by atoms with van der Waals surface area (Å²) in [6.07, 6.45) is 11.7. The Hall–Kier alpha value is -1.24. The second-order valence-electron chi connectivity index (χ2n) is 13.3. The molecule has 1 unspecified atom stereocenters. The van der Waals surface area contributed by atoms with Crippen LogP contribution in [0.5, 0.6) is 0 Å². The molecule has 210 valence electrons. The van der Waals surface area contributed by atoms with Gasteiger partial charge in [-0.15, -0.1) is 0 Å². The molecule has 3 fully saturated rings. The maximum absolute atomic E-state index is 13.1. The Bertz CT molecular complexity index is 842. The Morgan fingerprint density at radius 2 is 1.86 bits per heavy atom. The molecule has 0 aromatic heterocycles. The smallest absolute Gasteiger partial charge is 0.308 e. The molecule has 0 aromatic rings. The van der Waals surface area contributed by atoms with E-state index >= 15 is 0 Å². The van der Waals surface area contributed by atoms with Crippen molar-refractivity contribution < 1.29 is 29.6 Å². The first-order chi connectivity index (χ1) is 17.5. The molecule has 0 aromatic carbocycles. The fraction of sp³-hybridized carbons (Fsp3) is 0.871. The van der Waals surface area contributed by atoms with E-state index in [1.54, 1.807) is 0 Å². The largest absolute Gasteiger partial charge is 0.462 e. The number of carbonyl (C=O) groups is 2. The Kier molecular flexibility index (Phi) is 8.92. The molecule has 3 N–H and O–H groups in total. The van der Waals surface area contributed by atoms with Gasteiger partial charge in [0, 0.05) is 11.8 Å². The zero-order valence-electron chi connectivity index (χ0n) is 23.4. The fourth-order valence-electron chi connectivity index (χ4n) is 8.95. The van der Waals surface area contributed by atoms with E-state index in [2.05, 4.69) is 19.9 Å². The van der Waals surface area contributed by atoms with Crippen LogP contribution in [0.15, 0.2) is 12.2 Å². The van der Waals surface area contributed by atoms with E-state index in [4.69, 9.17) is 4.74 Å². The van der Waals surface area contributed by atoms with Crippen LogP contribution in [0.1, 0.15) is 98.3 Å². The van der Waals surface area contributed by atoms with Gasteiger partial charge in [-0.3, -0.25) is 4.79 Å². The maximum atomic E-state index is 13.1. The van der Waals surface area contributed by atoms with Gasteiger partial charge < -0.3 is 24.9 Å². The van der Waals surface area contributed by atoms with Gasteiger partial charge in [-0.05, 0) is 99.2 Å². The average molecular weight is 519 g/mol. The molecule has 6 nitrogen and oxygen atoms in total. The van der Waals surface area contributed by atoms with Crippen molar-refractivity contribution in [3.05, 3.63) is 12.2 Å². The number of ether oxygens (including phenoxy) is 1. The lowest BCUT2D eigenvalue weighted by molar-refractivity contribution is -0.189. The fourth-order valence-corrected chi connectivity index (χ4v) is 8.95. The topological polar surface area (TPSA) is 104 Å². The van der Waals surface area contributed by atoms with Crippen molar-refractivity contribution in [1.82, 2.24) is 0 Å². The Morgan fingerprint density at radius 1 is 1.11 bits per heavy atom. The van der Waals surface area contributed by atoms with Crippen LogP contribution in [0.3, 0.4) is 0 Å². The molecule has 4 aliphatic carbocycles. The summed E-state index contributed by atoms with van der Waals surface area (Å²) in [4.78, 5) is 23.8. The summed E-state index contributed by atoms with van der Waals surface area (Å²) in [5.41, 5.74) is -0.111. The van der Waals surface area contributed by atoms with Crippen molar-refractivity contribution in [1.29, 1.82) is 0 Å². The third-order valence-electron chi connectivity index (χ3n) is 11.5. The van der Waals surface area contributed by atoms with Gasteiger partial charge in [0.25, 0.3) is 0 Å². The van der Waals surface area contributed by atoms with Crippen LogP contribution in [-0.4, -0.2) is 52.0 Å². The van der Waals surface area contributed by atoms with Gasteiger partial charge in [0.2, 0.25) is 0 Å². The molecule has 0 bridgehead atoms. The molecule has 0 spiro atoms. The van der Waals surface area contributed by atoms with Crippen LogP contribution in [0.2, 0.25) is 0 Å². The summed E-state index contributed by atoms with van der Waals surface area (Å²) in [5.74, 6) is 2.08. The molecular formula is C31H50O6. The molecule has 12 atom stereocenters. The van der Waals surface area contributed by atoms with Gasteiger partial charge in [0.1, 0.15) is 12.4 Å².